The number of nitrogens with zero attached hydrogens (tertiary/aromatic N) is 3. The second-order valence-electron chi connectivity index (χ2n) is 8.75. The molecule has 0 aliphatic rings. The molecule has 0 N–H and O–H groups in total. The van der Waals surface area contributed by atoms with Crippen molar-refractivity contribution in [3.05, 3.63) is 90.0 Å². The monoisotopic (exact) mass is 581 g/mol. The number of rotatable bonds is 16. The lowest BCUT2D eigenvalue weighted by molar-refractivity contribution is 0.0143. The van der Waals surface area contributed by atoms with Gasteiger partial charge in [-0.15, -0.1) is 10.2 Å². The van der Waals surface area contributed by atoms with Crippen LogP contribution in [0.15, 0.2) is 84.0 Å². The average molecular weight is 582 g/mol. The molecule has 40 heavy (non-hydrogen) atoms. The molecule has 0 unspecified atom stereocenters. The first kappa shape index (κ1) is 29.8. The predicted molar refractivity (Wildman–Crippen MR) is 157 cm³/mol. The minimum absolute atomic E-state index is 0.108. The van der Waals surface area contributed by atoms with Gasteiger partial charge in [-0.3, -0.25) is 4.57 Å². The maximum Gasteiger partial charge on any atom is 0.502 e. The number of thioether (sulfide) groups is 1. The summed E-state index contributed by atoms with van der Waals surface area (Å²) in [5.74, 6) is 3.10. The summed E-state index contributed by atoms with van der Waals surface area (Å²) in [6.45, 7) is 1.17. The first-order chi connectivity index (χ1) is 19.6. The molecule has 0 aliphatic heterocycles. The molecule has 3 aromatic carbocycles. The van der Waals surface area contributed by atoms with E-state index in [2.05, 4.69) is 39.0 Å². The van der Waals surface area contributed by atoms with E-state index in [0.29, 0.717) is 24.9 Å². The molecule has 212 valence electrons. The van der Waals surface area contributed by atoms with Gasteiger partial charge < -0.3 is 27.5 Å². The summed E-state index contributed by atoms with van der Waals surface area (Å²) in [5.41, 5.74) is 3.31. The molecule has 0 spiro atoms. The van der Waals surface area contributed by atoms with Crippen LogP contribution in [0, 0.1) is 0 Å². The Bertz CT molecular complexity index is 1290. The highest BCUT2D eigenvalue weighted by Crippen LogP contribution is 2.29. The topological polar surface area (TPSA) is 86.1 Å². The van der Waals surface area contributed by atoms with E-state index in [-0.39, 0.29) is 6.79 Å². The van der Waals surface area contributed by atoms with Gasteiger partial charge >= 0.3 is 8.80 Å². The van der Waals surface area contributed by atoms with E-state index in [9.17, 15) is 0 Å². The van der Waals surface area contributed by atoms with Crippen LogP contribution >= 0.6 is 11.8 Å². The zero-order valence-corrected chi connectivity index (χ0v) is 25.1. The average Bonchev–Trinajstić information content (AvgIpc) is 3.41. The number of hydrogen-bond donors (Lipinski definition) is 0. The maximum atomic E-state index is 5.76. The van der Waals surface area contributed by atoms with Crippen molar-refractivity contribution in [1.82, 2.24) is 14.8 Å². The number of aromatic nitrogens is 3. The van der Waals surface area contributed by atoms with Crippen LogP contribution < -0.4 is 9.47 Å². The fourth-order valence-electron chi connectivity index (χ4n) is 4.01. The van der Waals surface area contributed by atoms with Gasteiger partial charge in [-0.25, -0.2) is 0 Å². The van der Waals surface area contributed by atoms with Crippen molar-refractivity contribution in [2.45, 2.75) is 23.5 Å². The quantitative estimate of drug-likeness (QED) is 0.0734. The Morgan fingerprint density at radius 1 is 0.750 bits per heavy atom. The van der Waals surface area contributed by atoms with E-state index < -0.39 is 8.80 Å². The van der Waals surface area contributed by atoms with Crippen LogP contribution in [0.2, 0.25) is 6.04 Å². The number of methoxy groups -OCH3 is 1. The summed E-state index contributed by atoms with van der Waals surface area (Å²) >= 11 is 1.66. The van der Waals surface area contributed by atoms with Gasteiger partial charge in [0.05, 0.1) is 20.3 Å². The molecule has 0 saturated heterocycles. The van der Waals surface area contributed by atoms with Crippen molar-refractivity contribution < 1.29 is 27.5 Å². The Kier molecular flexibility index (Phi) is 11.2. The smallest absolute Gasteiger partial charge is 0.497 e. The summed E-state index contributed by atoms with van der Waals surface area (Å²) in [5, 5.41) is 9.96. The minimum atomic E-state index is -2.66. The number of benzene rings is 3. The number of hydrogen-bond acceptors (Lipinski definition) is 9. The predicted octanol–water partition coefficient (Wildman–Crippen LogP) is 5.53. The fourth-order valence-corrected chi connectivity index (χ4v) is 6.41. The van der Waals surface area contributed by atoms with E-state index in [4.69, 9.17) is 27.5 Å². The second kappa shape index (κ2) is 15.0. The molecule has 0 bridgehead atoms. The molecule has 4 rings (SSSR count). The first-order valence-corrected chi connectivity index (χ1v) is 15.7. The third kappa shape index (κ3) is 7.93. The van der Waals surface area contributed by atoms with E-state index in [1.165, 1.54) is 11.1 Å². The Balaban J connectivity index is 1.42. The molecule has 1 heterocycles. The van der Waals surface area contributed by atoms with Crippen molar-refractivity contribution in [2.75, 3.05) is 41.8 Å². The zero-order valence-electron chi connectivity index (χ0n) is 23.2. The third-order valence-electron chi connectivity index (χ3n) is 6.33. The Labute approximate surface area is 240 Å². The summed E-state index contributed by atoms with van der Waals surface area (Å²) in [4.78, 5) is 0. The lowest BCUT2D eigenvalue weighted by Gasteiger charge is -2.24. The molecule has 0 amide bonds. The molecule has 9 nitrogen and oxygen atoms in total. The van der Waals surface area contributed by atoms with Crippen molar-refractivity contribution >= 4 is 20.6 Å². The first-order valence-electron chi connectivity index (χ1n) is 12.8. The Morgan fingerprint density at radius 3 is 2.08 bits per heavy atom. The van der Waals surface area contributed by atoms with Gasteiger partial charge in [0.1, 0.15) is 11.5 Å². The summed E-state index contributed by atoms with van der Waals surface area (Å²) in [7, 11) is 3.77. The van der Waals surface area contributed by atoms with Gasteiger partial charge in [-0.1, -0.05) is 54.2 Å². The molecule has 0 radical (unpaired) electrons. The molecule has 11 heteroatoms. The van der Waals surface area contributed by atoms with E-state index >= 15 is 0 Å². The maximum absolute atomic E-state index is 5.76. The molecule has 0 aliphatic carbocycles. The van der Waals surface area contributed by atoms with Crippen molar-refractivity contribution in [3.63, 3.8) is 0 Å². The van der Waals surface area contributed by atoms with Gasteiger partial charge in [0.15, 0.2) is 17.8 Å². The molecule has 0 saturated carbocycles. The van der Waals surface area contributed by atoms with Gasteiger partial charge in [0.2, 0.25) is 0 Å². The molecular formula is C29H35N3O6SSi. The van der Waals surface area contributed by atoms with Crippen LogP contribution in [-0.4, -0.2) is 65.4 Å². The van der Waals surface area contributed by atoms with Crippen LogP contribution in [0.3, 0.4) is 0 Å². The highest BCUT2D eigenvalue weighted by atomic mass is 32.2. The normalized spacial score (nSPS) is 11.5. The largest absolute Gasteiger partial charge is 0.502 e. The Hall–Kier alpha value is -3.19. The summed E-state index contributed by atoms with van der Waals surface area (Å²) < 4.78 is 35.0. The standard InChI is InChI=1S/C29H35N3O6SSi/c1-33-26-14-10-24(11-15-26)21-39-29-31-30-28(32(29)20-23-8-6-5-7-9-23)25-12-16-27(17-13-25)38-22-37-18-19-40(34-2,35-3)36-4/h5-17H,18-22H2,1-4H3. The highest BCUT2D eigenvalue weighted by Gasteiger charge is 2.37. The Morgan fingerprint density at radius 2 is 1.43 bits per heavy atom. The molecule has 4 aromatic rings. The molecular weight excluding hydrogens is 546 g/mol. The zero-order chi connectivity index (χ0) is 28.2. The van der Waals surface area contributed by atoms with Crippen molar-refractivity contribution in [1.29, 1.82) is 0 Å². The summed E-state index contributed by atoms with van der Waals surface area (Å²) in [6.07, 6.45) is 0. The van der Waals surface area contributed by atoms with Crippen LogP contribution in [0.1, 0.15) is 11.1 Å². The van der Waals surface area contributed by atoms with Crippen molar-refractivity contribution in [2.24, 2.45) is 0 Å². The SMILES string of the molecule is COc1ccc(CSc2nnc(-c3ccc(OCOCC[Si](OC)(OC)OC)cc3)n2Cc2ccccc2)cc1. The van der Waals surface area contributed by atoms with E-state index in [0.717, 1.165) is 28.0 Å². The van der Waals surface area contributed by atoms with Crippen LogP contribution in [0.4, 0.5) is 0 Å². The summed E-state index contributed by atoms with van der Waals surface area (Å²) in [6, 6.07) is 26.7. The fraction of sp³-hybridized carbons (Fsp3) is 0.310. The van der Waals surface area contributed by atoms with Crippen LogP contribution in [0.25, 0.3) is 11.4 Å². The lowest BCUT2D eigenvalue weighted by Crippen LogP contribution is -2.43. The second-order valence-corrected chi connectivity index (χ2v) is 12.8. The van der Waals surface area contributed by atoms with Gasteiger partial charge in [0.25, 0.3) is 0 Å². The van der Waals surface area contributed by atoms with Crippen LogP contribution in [-0.2, 0) is 30.3 Å². The van der Waals surface area contributed by atoms with E-state index in [1.54, 1.807) is 40.2 Å². The minimum Gasteiger partial charge on any atom is -0.497 e. The van der Waals surface area contributed by atoms with Gasteiger partial charge in [-0.05, 0) is 47.5 Å². The lowest BCUT2D eigenvalue weighted by atomic mass is 10.2. The molecule has 1 aromatic heterocycles. The highest BCUT2D eigenvalue weighted by molar-refractivity contribution is 7.98. The third-order valence-corrected chi connectivity index (χ3v) is 10.1. The molecule has 0 atom stereocenters. The van der Waals surface area contributed by atoms with Gasteiger partial charge in [-0.2, -0.15) is 0 Å². The van der Waals surface area contributed by atoms with Gasteiger partial charge in [0, 0.05) is 38.7 Å². The van der Waals surface area contributed by atoms with Crippen LogP contribution in [0.5, 0.6) is 11.5 Å². The number of ether oxygens (including phenoxy) is 3. The van der Waals surface area contributed by atoms with E-state index in [1.807, 2.05) is 54.6 Å². The van der Waals surface area contributed by atoms with Crippen molar-refractivity contribution in [3.8, 4) is 22.9 Å². The molecule has 0 fully saturated rings.